The summed E-state index contributed by atoms with van der Waals surface area (Å²) < 4.78 is 2.06. The number of nitrogens with zero attached hydrogens (tertiary/aromatic N) is 2. The Morgan fingerprint density at radius 1 is 1.19 bits per heavy atom. The van der Waals surface area contributed by atoms with Gasteiger partial charge in [0, 0.05) is 42.2 Å². The maximum Gasteiger partial charge on any atom is 0.331 e. The number of fused-ring (bicyclic) bond motifs is 1. The summed E-state index contributed by atoms with van der Waals surface area (Å²) in [6, 6.07) is 6.36. The molecule has 0 fully saturated rings. The molecular formula is C28H42N4O4. The highest BCUT2D eigenvalue weighted by atomic mass is 16.4. The van der Waals surface area contributed by atoms with Gasteiger partial charge in [-0.05, 0) is 37.9 Å². The van der Waals surface area contributed by atoms with Crippen molar-refractivity contribution in [1.29, 1.82) is 0 Å². The SMILES string of the molecule is CC[C@H](NC(=O)C(NC)C(C)(C)c1cn(C)c2ccccc12)C(=O)N(C)C(/C=C(\C)C(=O)O)C(C)C. The van der Waals surface area contributed by atoms with E-state index in [0.29, 0.717) is 6.42 Å². The van der Waals surface area contributed by atoms with Gasteiger partial charge in [0.05, 0.1) is 12.1 Å². The molecule has 36 heavy (non-hydrogen) atoms. The Bertz CT molecular complexity index is 1130. The van der Waals surface area contributed by atoms with Crippen LogP contribution in [-0.2, 0) is 26.8 Å². The molecule has 3 N–H and O–H groups in total. The first kappa shape index (κ1) is 29.1. The van der Waals surface area contributed by atoms with Gasteiger partial charge in [-0.15, -0.1) is 0 Å². The molecule has 2 amide bonds. The molecule has 1 aromatic carbocycles. The standard InChI is InChI=1S/C28H42N4O4/c1-10-21(26(34)32(9)23(17(2)3)15-18(4)27(35)36)30-25(33)24(29-7)28(5,6)20-16-31(8)22-14-12-11-13-19(20)22/h11-17,21,23-24,29H,10H2,1-9H3,(H,30,33)(H,35,36)/b18-15+/t21-,23?,24?/m0/s1. The molecule has 0 bridgehead atoms. The van der Waals surface area contributed by atoms with Crippen LogP contribution < -0.4 is 10.6 Å². The Balaban J connectivity index is 2.31. The van der Waals surface area contributed by atoms with E-state index >= 15 is 0 Å². The maximum absolute atomic E-state index is 13.6. The van der Waals surface area contributed by atoms with Crippen LogP contribution in [-0.4, -0.2) is 64.6 Å². The number of carbonyl (C=O) groups excluding carboxylic acids is 2. The number of aryl methyl sites for hydroxylation is 1. The first-order valence-corrected chi connectivity index (χ1v) is 12.5. The second-order valence-electron chi connectivity index (χ2n) is 10.4. The number of nitrogens with one attached hydrogen (secondary N) is 2. The van der Waals surface area contributed by atoms with E-state index in [4.69, 9.17) is 0 Å². The quantitative estimate of drug-likeness (QED) is 0.412. The zero-order valence-corrected chi connectivity index (χ0v) is 23.0. The Labute approximate surface area is 214 Å². The van der Waals surface area contributed by atoms with Crippen molar-refractivity contribution in [3.05, 3.63) is 47.7 Å². The normalized spacial score (nSPS) is 15.0. The van der Waals surface area contributed by atoms with E-state index in [1.165, 1.54) is 11.8 Å². The van der Waals surface area contributed by atoms with Gasteiger partial charge in [0.15, 0.2) is 0 Å². The molecule has 3 atom stereocenters. The van der Waals surface area contributed by atoms with Crippen molar-refractivity contribution in [2.75, 3.05) is 14.1 Å². The minimum absolute atomic E-state index is 0.00295. The van der Waals surface area contributed by atoms with Crippen LogP contribution in [0.25, 0.3) is 10.9 Å². The van der Waals surface area contributed by atoms with E-state index in [0.717, 1.165) is 16.5 Å². The van der Waals surface area contributed by atoms with Gasteiger partial charge in [-0.25, -0.2) is 4.79 Å². The van der Waals surface area contributed by atoms with Crippen LogP contribution in [0.2, 0.25) is 0 Å². The molecule has 8 heteroatoms. The van der Waals surface area contributed by atoms with Crippen molar-refractivity contribution in [1.82, 2.24) is 20.1 Å². The van der Waals surface area contributed by atoms with Crippen molar-refractivity contribution in [3.63, 3.8) is 0 Å². The smallest absolute Gasteiger partial charge is 0.331 e. The first-order chi connectivity index (χ1) is 16.8. The van der Waals surface area contributed by atoms with Crippen LogP contribution in [0.5, 0.6) is 0 Å². The van der Waals surface area contributed by atoms with Gasteiger partial charge < -0.3 is 25.2 Å². The van der Waals surface area contributed by atoms with Crippen molar-refractivity contribution >= 4 is 28.7 Å². The number of aliphatic carboxylic acids is 1. The number of hydrogen-bond donors (Lipinski definition) is 3. The number of para-hydroxylation sites is 1. The summed E-state index contributed by atoms with van der Waals surface area (Å²) >= 11 is 0. The number of rotatable bonds is 11. The summed E-state index contributed by atoms with van der Waals surface area (Å²) in [6.07, 6.45) is 4.06. The lowest BCUT2D eigenvalue weighted by molar-refractivity contribution is -0.138. The van der Waals surface area contributed by atoms with E-state index in [1.807, 2.05) is 53.8 Å². The minimum atomic E-state index is -1.02. The van der Waals surface area contributed by atoms with Crippen LogP contribution in [0, 0.1) is 5.92 Å². The molecule has 2 aromatic rings. The fourth-order valence-corrected chi connectivity index (χ4v) is 4.90. The zero-order valence-electron chi connectivity index (χ0n) is 23.0. The van der Waals surface area contributed by atoms with Gasteiger partial charge in [0.25, 0.3) is 0 Å². The average molecular weight is 499 g/mol. The van der Waals surface area contributed by atoms with Crippen molar-refractivity contribution < 1.29 is 19.5 Å². The highest BCUT2D eigenvalue weighted by molar-refractivity contribution is 5.92. The molecule has 8 nitrogen and oxygen atoms in total. The molecule has 0 radical (unpaired) electrons. The number of carboxylic acid groups (broad SMARTS) is 1. The van der Waals surface area contributed by atoms with Gasteiger partial charge >= 0.3 is 5.97 Å². The molecular weight excluding hydrogens is 456 g/mol. The van der Waals surface area contributed by atoms with Gasteiger partial charge in [-0.1, -0.05) is 58.9 Å². The topological polar surface area (TPSA) is 104 Å². The Hall–Kier alpha value is -3.13. The number of hydrogen-bond acceptors (Lipinski definition) is 4. The molecule has 0 aliphatic rings. The fraction of sp³-hybridized carbons (Fsp3) is 0.536. The Morgan fingerprint density at radius 2 is 1.81 bits per heavy atom. The van der Waals surface area contributed by atoms with Crippen LogP contribution in [0.15, 0.2) is 42.1 Å². The molecule has 0 saturated carbocycles. The van der Waals surface area contributed by atoms with Crippen LogP contribution in [0.1, 0.15) is 53.5 Å². The van der Waals surface area contributed by atoms with E-state index in [-0.39, 0.29) is 23.3 Å². The highest BCUT2D eigenvalue weighted by Gasteiger charge is 2.39. The Kier molecular flexibility index (Phi) is 9.49. The van der Waals surface area contributed by atoms with E-state index < -0.39 is 29.5 Å². The lowest BCUT2D eigenvalue weighted by atomic mass is 9.77. The van der Waals surface area contributed by atoms with Gasteiger partial charge in [0.2, 0.25) is 11.8 Å². The number of aromatic nitrogens is 1. The Morgan fingerprint density at radius 3 is 2.33 bits per heavy atom. The molecule has 0 aliphatic heterocycles. The van der Waals surface area contributed by atoms with Gasteiger partial charge in [0.1, 0.15) is 6.04 Å². The number of carbonyl (C=O) groups is 3. The summed E-state index contributed by atoms with van der Waals surface area (Å²) in [6.45, 7) is 11.3. The molecule has 0 aliphatic carbocycles. The monoisotopic (exact) mass is 498 g/mol. The largest absolute Gasteiger partial charge is 0.478 e. The third-order valence-corrected chi connectivity index (χ3v) is 7.12. The second kappa shape index (κ2) is 11.7. The summed E-state index contributed by atoms with van der Waals surface area (Å²) in [5.41, 5.74) is 1.73. The summed E-state index contributed by atoms with van der Waals surface area (Å²) in [4.78, 5) is 39.9. The van der Waals surface area contributed by atoms with Crippen LogP contribution >= 0.6 is 0 Å². The highest BCUT2D eigenvalue weighted by Crippen LogP contribution is 2.34. The first-order valence-electron chi connectivity index (χ1n) is 12.5. The predicted molar refractivity (Wildman–Crippen MR) is 144 cm³/mol. The molecule has 198 valence electrons. The van der Waals surface area contributed by atoms with Gasteiger partial charge in [-0.3, -0.25) is 9.59 Å². The van der Waals surface area contributed by atoms with Crippen molar-refractivity contribution in [3.8, 4) is 0 Å². The number of benzene rings is 1. The third kappa shape index (κ3) is 5.98. The lowest BCUT2D eigenvalue weighted by Crippen LogP contribution is -2.58. The van der Waals surface area contributed by atoms with Crippen LogP contribution in [0.3, 0.4) is 0 Å². The predicted octanol–water partition coefficient (Wildman–Crippen LogP) is 3.45. The van der Waals surface area contributed by atoms with Crippen molar-refractivity contribution in [2.45, 2.75) is 71.5 Å². The average Bonchev–Trinajstić information content (AvgIpc) is 3.17. The van der Waals surface area contributed by atoms with Gasteiger partial charge in [-0.2, -0.15) is 0 Å². The molecule has 1 aromatic heterocycles. The summed E-state index contributed by atoms with van der Waals surface area (Å²) in [5.74, 6) is -1.54. The maximum atomic E-state index is 13.6. The van der Waals surface area contributed by atoms with E-state index in [9.17, 15) is 19.5 Å². The van der Waals surface area contributed by atoms with E-state index in [2.05, 4.69) is 33.5 Å². The molecule has 0 saturated heterocycles. The number of likely N-dealkylation sites (N-methyl/N-ethyl adjacent to an activating group) is 2. The fourth-order valence-electron chi connectivity index (χ4n) is 4.90. The zero-order chi connectivity index (χ0) is 27.4. The van der Waals surface area contributed by atoms with Crippen molar-refractivity contribution in [2.24, 2.45) is 13.0 Å². The summed E-state index contributed by atoms with van der Waals surface area (Å²) in [7, 11) is 5.40. The van der Waals surface area contributed by atoms with E-state index in [1.54, 1.807) is 20.2 Å². The van der Waals surface area contributed by atoms with Crippen LogP contribution in [0.4, 0.5) is 0 Å². The second-order valence-corrected chi connectivity index (χ2v) is 10.4. The molecule has 0 spiro atoms. The lowest BCUT2D eigenvalue weighted by Gasteiger charge is -2.36. The molecule has 1 heterocycles. The summed E-state index contributed by atoms with van der Waals surface area (Å²) in [5, 5.41) is 16.5. The third-order valence-electron chi connectivity index (χ3n) is 7.12. The number of amides is 2. The minimum Gasteiger partial charge on any atom is -0.478 e. The molecule has 2 unspecified atom stereocenters. The number of carboxylic acids is 1. The molecule has 2 rings (SSSR count).